The van der Waals surface area contributed by atoms with Gasteiger partial charge in [-0.05, 0) is 31.0 Å². The number of pyridine rings is 1. The van der Waals surface area contributed by atoms with Gasteiger partial charge in [0.05, 0.1) is 6.33 Å². The quantitative estimate of drug-likeness (QED) is 0.733. The van der Waals surface area contributed by atoms with Gasteiger partial charge >= 0.3 is 0 Å². The van der Waals surface area contributed by atoms with E-state index in [0.717, 1.165) is 6.42 Å². The number of imidazole rings is 1. The van der Waals surface area contributed by atoms with Crippen LogP contribution in [0.15, 0.2) is 43.2 Å². The van der Waals surface area contributed by atoms with Crippen molar-refractivity contribution in [2.75, 3.05) is 0 Å². The maximum absolute atomic E-state index is 4.08. The van der Waals surface area contributed by atoms with Crippen LogP contribution in [0.4, 0.5) is 0 Å². The molecular formula is C11H12N3. The number of nitrogens with zero attached hydrogens (tertiary/aromatic N) is 3. The summed E-state index contributed by atoms with van der Waals surface area (Å²) in [7, 11) is 0. The standard InChI is InChI=1S/C11H12N3/c1-10(14-7-6-13-9-14)8-11-2-4-12-5-3-11/h2-7,9-10H,1,8H2. The van der Waals surface area contributed by atoms with Crippen LogP contribution in [0.25, 0.3) is 0 Å². The van der Waals surface area contributed by atoms with Gasteiger partial charge in [0.25, 0.3) is 0 Å². The molecule has 0 aliphatic carbocycles. The van der Waals surface area contributed by atoms with E-state index < -0.39 is 0 Å². The molecule has 3 heteroatoms. The molecule has 0 N–H and O–H groups in total. The van der Waals surface area contributed by atoms with Crippen molar-refractivity contribution in [2.45, 2.75) is 12.5 Å². The Hall–Kier alpha value is -1.64. The first kappa shape index (κ1) is 8.94. The molecule has 2 aromatic heterocycles. The molecule has 0 bridgehead atoms. The molecule has 1 unspecified atom stereocenters. The Morgan fingerprint density at radius 1 is 1.21 bits per heavy atom. The molecule has 0 fully saturated rings. The summed E-state index contributed by atoms with van der Waals surface area (Å²) in [6, 6.07) is 4.21. The molecule has 71 valence electrons. The van der Waals surface area contributed by atoms with Gasteiger partial charge in [0, 0.05) is 30.8 Å². The van der Waals surface area contributed by atoms with Crippen molar-refractivity contribution in [3.63, 3.8) is 0 Å². The van der Waals surface area contributed by atoms with Crippen molar-refractivity contribution in [3.05, 3.63) is 55.7 Å². The molecule has 0 saturated heterocycles. The second-order valence-corrected chi connectivity index (χ2v) is 3.22. The maximum atomic E-state index is 4.08. The Morgan fingerprint density at radius 3 is 2.64 bits per heavy atom. The molecule has 3 nitrogen and oxygen atoms in total. The van der Waals surface area contributed by atoms with Crippen LogP contribution in [-0.2, 0) is 6.42 Å². The number of rotatable bonds is 3. The van der Waals surface area contributed by atoms with Gasteiger partial charge in [0.2, 0.25) is 0 Å². The average Bonchev–Trinajstić information content (AvgIpc) is 2.72. The first-order chi connectivity index (χ1) is 6.86. The highest BCUT2D eigenvalue weighted by Gasteiger charge is 2.04. The summed E-state index contributed by atoms with van der Waals surface area (Å²) in [6.07, 6.45) is 9.99. The summed E-state index contributed by atoms with van der Waals surface area (Å²) in [5, 5.41) is 0. The van der Waals surface area contributed by atoms with E-state index in [9.17, 15) is 0 Å². The van der Waals surface area contributed by atoms with E-state index in [1.165, 1.54) is 5.56 Å². The molecule has 0 saturated carbocycles. The Bertz CT molecular complexity index is 367. The fraction of sp³-hybridized carbons (Fsp3) is 0.182. The number of hydrogen-bond acceptors (Lipinski definition) is 2. The zero-order valence-electron chi connectivity index (χ0n) is 7.87. The van der Waals surface area contributed by atoms with E-state index in [-0.39, 0.29) is 6.04 Å². The van der Waals surface area contributed by atoms with Crippen LogP contribution in [0.2, 0.25) is 0 Å². The van der Waals surface area contributed by atoms with Gasteiger partial charge in [-0.3, -0.25) is 4.98 Å². The summed E-state index contributed by atoms with van der Waals surface area (Å²) in [5.41, 5.74) is 1.24. The lowest BCUT2D eigenvalue weighted by Crippen LogP contribution is -2.06. The lowest BCUT2D eigenvalue weighted by atomic mass is 10.1. The van der Waals surface area contributed by atoms with E-state index in [4.69, 9.17) is 0 Å². The lowest BCUT2D eigenvalue weighted by Gasteiger charge is -2.12. The summed E-state index contributed by atoms with van der Waals surface area (Å²) >= 11 is 0. The normalized spacial score (nSPS) is 12.6. The Morgan fingerprint density at radius 2 is 2.00 bits per heavy atom. The van der Waals surface area contributed by atoms with E-state index in [1.807, 2.05) is 22.9 Å². The smallest absolute Gasteiger partial charge is 0.0948 e. The van der Waals surface area contributed by atoms with E-state index in [1.54, 1.807) is 24.9 Å². The summed E-state index contributed by atoms with van der Waals surface area (Å²) in [6.45, 7) is 4.08. The number of hydrogen-bond donors (Lipinski definition) is 0. The van der Waals surface area contributed by atoms with Gasteiger partial charge in [-0.25, -0.2) is 4.98 Å². The van der Waals surface area contributed by atoms with E-state index in [2.05, 4.69) is 16.9 Å². The van der Waals surface area contributed by atoms with Crippen LogP contribution in [0, 0.1) is 6.92 Å². The van der Waals surface area contributed by atoms with Crippen molar-refractivity contribution in [1.29, 1.82) is 0 Å². The van der Waals surface area contributed by atoms with Gasteiger partial charge in [-0.15, -0.1) is 0 Å². The average molecular weight is 186 g/mol. The summed E-state index contributed by atoms with van der Waals surface area (Å²) < 4.78 is 2.00. The van der Waals surface area contributed by atoms with E-state index in [0.29, 0.717) is 0 Å². The Balaban J connectivity index is 2.06. The molecule has 14 heavy (non-hydrogen) atoms. The van der Waals surface area contributed by atoms with Crippen molar-refractivity contribution < 1.29 is 0 Å². The van der Waals surface area contributed by atoms with Crippen molar-refractivity contribution in [1.82, 2.24) is 14.5 Å². The minimum atomic E-state index is 0.194. The second-order valence-electron chi connectivity index (χ2n) is 3.22. The van der Waals surface area contributed by atoms with Gasteiger partial charge in [-0.1, -0.05) is 0 Å². The first-order valence-corrected chi connectivity index (χ1v) is 4.55. The van der Waals surface area contributed by atoms with Crippen LogP contribution >= 0.6 is 0 Å². The zero-order chi connectivity index (χ0) is 9.80. The van der Waals surface area contributed by atoms with Gasteiger partial charge in [0.1, 0.15) is 0 Å². The molecule has 0 aliphatic heterocycles. The van der Waals surface area contributed by atoms with E-state index >= 15 is 0 Å². The van der Waals surface area contributed by atoms with Crippen LogP contribution < -0.4 is 0 Å². The summed E-state index contributed by atoms with van der Waals surface area (Å²) in [5.74, 6) is 0. The number of aromatic nitrogens is 3. The molecule has 1 radical (unpaired) electrons. The van der Waals surface area contributed by atoms with Gasteiger partial charge in [-0.2, -0.15) is 0 Å². The van der Waals surface area contributed by atoms with Crippen LogP contribution in [0.5, 0.6) is 0 Å². The third-order valence-corrected chi connectivity index (χ3v) is 2.17. The van der Waals surface area contributed by atoms with Crippen LogP contribution in [0.3, 0.4) is 0 Å². The molecule has 2 heterocycles. The zero-order valence-corrected chi connectivity index (χ0v) is 7.87. The Labute approximate surface area is 83.4 Å². The largest absolute Gasteiger partial charge is 0.334 e. The third kappa shape index (κ3) is 1.99. The molecular weight excluding hydrogens is 174 g/mol. The predicted molar refractivity (Wildman–Crippen MR) is 54.6 cm³/mol. The molecule has 0 amide bonds. The van der Waals surface area contributed by atoms with Crippen LogP contribution in [0.1, 0.15) is 11.6 Å². The van der Waals surface area contributed by atoms with Crippen molar-refractivity contribution in [2.24, 2.45) is 0 Å². The molecule has 1 atom stereocenters. The topological polar surface area (TPSA) is 30.7 Å². The van der Waals surface area contributed by atoms with Crippen molar-refractivity contribution in [3.8, 4) is 0 Å². The fourth-order valence-corrected chi connectivity index (χ4v) is 1.38. The minimum absolute atomic E-state index is 0.194. The lowest BCUT2D eigenvalue weighted by molar-refractivity contribution is 0.596. The maximum Gasteiger partial charge on any atom is 0.0948 e. The second kappa shape index (κ2) is 4.05. The highest BCUT2D eigenvalue weighted by molar-refractivity contribution is 5.11. The predicted octanol–water partition coefficient (Wildman–Crippen LogP) is 1.90. The van der Waals surface area contributed by atoms with Gasteiger partial charge in [0.15, 0.2) is 0 Å². The fourth-order valence-electron chi connectivity index (χ4n) is 1.38. The molecule has 2 rings (SSSR count). The van der Waals surface area contributed by atoms with Crippen molar-refractivity contribution >= 4 is 0 Å². The molecule has 2 aromatic rings. The van der Waals surface area contributed by atoms with Gasteiger partial charge < -0.3 is 4.57 Å². The van der Waals surface area contributed by atoms with Crippen LogP contribution in [-0.4, -0.2) is 14.5 Å². The first-order valence-electron chi connectivity index (χ1n) is 4.55. The molecule has 0 spiro atoms. The molecule has 0 aromatic carbocycles. The Kier molecular flexibility index (Phi) is 2.58. The minimum Gasteiger partial charge on any atom is -0.334 e. The highest BCUT2D eigenvalue weighted by atomic mass is 15.0. The monoisotopic (exact) mass is 186 g/mol. The summed E-state index contributed by atoms with van der Waals surface area (Å²) in [4.78, 5) is 7.97. The SMILES string of the molecule is [CH2]C(Cc1ccncc1)n1ccnc1. The molecule has 0 aliphatic rings. The third-order valence-electron chi connectivity index (χ3n) is 2.17. The highest BCUT2D eigenvalue weighted by Crippen LogP contribution is 2.11.